The number of nitrogens with zero attached hydrogens (tertiary/aromatic N) is 3. The van der Waals surface area contributed by atoms with Crippen LogP contribution in [0, 0.1) is 10.1 Å². The number of nitro groups is 1. The van der Waals surface area contributed by atoms with E-state index in [9.17, 15) is 10.1 Å². The van der Waals surface area contributed by atoms with Crippen LogP contribution in [0.5, 0.6) is 5.88 Å². The van der Waals surface area contributed by atoms with Crippen molar-refractivity contribution in [3.63, 3.8) is 0 Å². The predicted octanol–water partition coefficient (Wildman–Crippen LogP) is 2.18. The molecule has 1 heterocycles. The van der Waals surface area contributed by atoms with Gasteiger partial charge in [-0.25, -0.2) is 4.98 Å². The van der Waals surface area contributed by atoms with E-state index in [0.717, 1.165) is 6.42 Å². The van der Waals surface area contributed by atoms with Crippen molar-refractivity contribution in [3.05, 3.63) is 15.9 Å². The van der Waals surface area contributed by atoms with Crippen molar-refractivity contribution >= 4 is 11.5 Å². The van der Waals surface area contributed by atoms with Gasteiger partial charge in [-0.2, -0.15) is 4.98 Å². The minimum Gasteiger partial charge on any atom is -0.473 e. The summed E-state index contributed by atoms with van der Waals surface area (Å²) in [6.45, 7) is 7.66. The zero-order valence-electron chi connectivity index (χ0n) is 12.7. The van der Waals surface area contributed by atoms with E-state index in [-0.39, 0.29) is 17.4 Å². The van der Waals surface area contributed by atoms with E-state index in [1.165, 1.54) is 0 Å². The molecule has 118 valence electrons. The van der Waals surface area contributed by atoms with Crippen molar-refractivity contribution in [2.24, 2.45) is 0 Å². The molecule has 21 heavy (non-hydrogen) atoms. The van der Waals surface area contributed by atoms with Crippen molar-refractivity contribution in [3.8, 4) is 5.88 Å². The number of aryl methyl sites for hydroxylation is 1. The monoisotopic (exact) mass is 298 g/mol. The number of aromatic nitrogens is 2. The third kappa shape index (κ3) is 5.14. The van der Waals surface area contributed by atoms with Crippen molar-refractivity contribution in [1.29, 1.82) is 0 Å². The van der Waals surface area contributed by atoms with Gasteiger partial charge in [0.25, 0.3) is 5.88 Å². The molecule has 1 rings (SSSR count). The molecule has 0 fully saturated rings. The van der Waals surface area contributed by atoms with Gasteiger partial charge in [0, 0.05) is 26.2 Å². The van der Waals surface area contributed by atoms with E-state index < -0.39 is 4.92 Å². The first-order chi connectivity index (χ1) is 10.1. The highest BCUT2D eigenvalue weighted by atomic mass is 16.6. The molecule has 0 saturated carbocycles. The second-order valence-corrected chi connectivity index (χ2v) is 4.16. The molecule has 0 unspecified atom stereocenters. The topological polar surface area (TPSA) is 99.4 Å². The Morgan fingerprint density at radius 2 is 2.00 bits per heavy atom. The number of ether oxygens (including phenoxy) is 2. The molecule has 0 aromatic carbocycles. The molecule has 0 saturated heterocycles. The zero-order valence-corrected chi connectivity index (χ0v) is 12.7. The van der Waals surface area contributed by atoms with Crippen LogP contribution in [0.4, 0.5) is 11.5 Å². The van der Waals surface area contributed by atoms with Gasteiger partial charge < -0.3 is 14.8 Å². The summed E-state index contributed by atoms with van der Waals surface area (Å²) in [5, 5.41) is 14.2. The maximum absolute atomic E-state index is 11.2. The lowest BCUT2D eigenvalue weighted by molar-refractivity contribution is -0.385. The maximum Gasteiger partial charge on any atom is 0.372 e. The van der Waals surface area contributed by atoms with Crippen LogP contribution < -0.4 is 10.1 Å². The van der Waals surface area contributed by atoms with Crippen LogP contribution in [0.3, 0.4) is 0 Å². The van der Waals surface area contributed by atoms with Crippen LogP contribution in [-0.4, -0.2) is 41.3 Å². The highest BCUT2D eigenvalue weighted by molar-refractivity contribution is 5.61. The predicted molar refractivity (Wildman–Crippen MR) is 78.8 cm³/mol. The van der Waals surface area contributed by atoms with E-state index >= 15 is 0 Å². The second kappa shape index (κ2) is 9.06. The molecule has 8 nitrogen and oxygen atoms in total. The molecule has 1 aromatic heterocycles. The first-order valence-electron chi connectivity index (χ1n) is 7.13. The zero-order chi connectivity index (χ0) is 15.7. The van der Waals surface area contributed by atoms with E-state index in [0.29, 0.717) is 38.6 Å². The average molecular weight is 298 g/mol. The molecular weight excluding hydrogens is 276 g/mol. The number of nitrogens with one attached hydrogen (secondary N) is 1. The summed E-state index contributed by atoms with van der Waals surface area (Å²) in [7, 11) is 0. The SMILES string of the molecule is CCOCCCNc1nc(CC)nc(OCC)c1[N+](=O)[O-]. The van der Waals surface area contributed by atoms with Gasteiger partial charge in [-0.1, -0.05) is 6.92 Å². The largest absolute Gasteiger partial charge is 0.473 e. The number of rotatable bonds is 10. The van der Waals surface area contributed by atoms with Gasteiger partial charge in [-0.15, -0.1) is 0 Å². The van der Waals surface area contributed by atoms with Crippen LogP contribution in [0.25, 0.3) is 0 Å². The van der Waals surface area contributed by atoms with Crippen LogP contribution in [0.1, 0.15) is 33.0 Å². The molecule has 0 aliphatic rings. The fourth-order valence-electron chi connectivity index (χ4n) is 1.69. The molecule has 0 aliphatic carbocycles. The summed E-state index contributed by atoms with van der Waals surface area (Å²) in [5.74, 6) is 0.727. The Morgan fingerprint density at radius 1 is 1.24 bits per heavy atom. The fourth-order valence-corrected chi connectivity index (χ4v) is 1.69. The highest BCUT2D eigenvalue weighted by Gasteiger charge is 2.25. The van der Waals surface area contributed by atoms with Gasteiger partial charge in [-0.3, -0.25) is 10.1 Å². The van der Waals surface area contributed by atoms with E-state index in [1.54, 1.807) is 6.92 Å². The van der Waals surface area contributed by atoms with Crippen molar-refractivity contribution in [2.45, 2.75) is 33.6 Å². The second-order valence-electron chi connectivity index (χ2n) is 4.16. The van der Waals surface area contributed by atoms with Gasteiger partial charge in [0.2, 0.25) is 5.82 Å². The summed E-state index contributed by atoms with van der Waals surface area (Å²) in [5.41, 5.74) is -0.217. The quantitative estimate of drug-likeness (QED) is 0.401. The summed E-state index contributed by atoms with van der Waals surface area (Å²) in [4.78, 5) is 19.0. The molecule has 0 aliphatic heterocycles. The van der Waals surface area contributed by atoms with Crippen molar-refractivity contribution < 1.29 is 14.4 Å². The lowest BCUT2D eigenvalue weighted by Crippen LogP contribution is -2.12. The highest BCUT2D eigenvalue weighted by Crippen LogP contribution is 2.31. The maximum atomic E-state index is 11.2. The van der Waals surface area contributed by atoms with Gasteiger partial charge >= 0.3 is 5.69 Å². The number of anilines is 1. The smallest absolute Gasteiger partial charge is 0.372 e. The van der Waals surface area contributed by atoms with Crippen LogP contribution >= 0.6 is 0 Å². The lowest BCUT2D eigenvalue weighted by Gasteiger charge is -2.10. The summed E-state index contributed by atoms with van der Waals surface area (Å²) in [6.07, 6.45) is 1.31. The van der Waals surface area contributed by atoms with Crippen LogP contribution in [0.2, 0.25) is 0 Å². The minimum absolute atomic E-state index is 0.0154. The van der Waals surface area contributed by atoms with Gasteiger partial charge in [-0.05, 0) is 20.3 Å². The van der Waals surface area contributed by atoms with Gasteiger partial charge in [0.15, 0.2) is 0 Å². The van der Waals surface area contributed by atoms with Crippen molar-refractivity contribution in [2.75, 3.05) is 31.7 Å². The Labute approximate surface area is 124 Å². The Bertz CT molecular complexity index is 468. The first kappa shape index (κ1) is 17.1. The summed E-state index contributed by atoms with van der Waals surface area (Å²) < 4.78 is 10.5. The molecule has 0 bridgehead atoms. The van der Waals surface area contributed by atoms with Crippen LogP contribution in [-0.2, 0) is 11.2 Å². The molecule has 8 heteroatoms. The minimum atomic E-state index is -0.519. The molecule has 0 spiro atoms. The molecule has 1 N–H and O–H groups in total. The number of hydrogen-bond acceptors (Lipinski definition) is 7. The third-order valence-electron chi connectivity index (χ3n) is 2.64. The van der Waals surface area contributed by atoms with Gasteiger partial charge in [0.1, 0.15) is 5.82 Å². The molecule has 1 aromatic rings. The molecule has 0 radical (unpaired) electrons. The summed E-state index contributed by atoms with van der Waals surface area (Å²) in [6, 6.07) is 0. The lowest BCUT2D eigenvalue weighted by atomic mass is 10.3. The van der Waals surface area contributed by atoms with E-state index in [2.05, 4.69) is 15.3 Å². The average Bonchev–Trinajstić information content (AvgIpc) is 2.46. The fraction of sp³-hybridized carbons (Fsp3) is 0.692. The van der Waals surface area contributed by atoms with Gasteiger partial charge in [0.05, 0.1) is 11.5 Å². The standard InChI is InChI=1S/C13H22N4O4/c1-4-10-15-12(14-8-7-9-20-5-2)11(17(18)19)13(16-10)21-6-3/h4-9H2,1-3H3,(H,14,15,16). The summed E-state index contributed by atoms with van der Waals surface area (Å²) >= 11 is 0. The Morgan fingerprint density at radius 3 is 2.57 bits per heavy atom. The number of hydrogen-bond donors (Lipinski definition) is 1. The molecular formula is C13H22N4O4. The normalized spacial score (nSPS) is 10.4. The molecule has 0 atom stereocenters. The van der Waals surface area contributed by atoms with E-state index in [1.807, 2.05) is 13.8 Å². The Kier molecular flexibility index (Phi) is 7.38. The van der Waals surface area contributed by atoms with E-state index in [4.69, 9.17) is 9.47 Å². The Hall–Kier alpha value is -1.96. The third-order valence-corrected chi connectivity index (χ3v) is 2.64. The molecule has 0 amide bonds. The van der Waals surface area contributed by atoms with Crippen molar-refractivity contribution in [1.82, 2.24) is 9.97 Å². The Balaban J connectivity index is 2.92. The van der Waals surface area contributed by atoms with Crippen LogP contribution in [0.15, 0.2) is 0 Å². The first-order valence-corrected chi connectivity index (χ1v) is 7.13.